The third-order valence-corrected chi connectivity index (χ3v) is 5.39. The number of nitrogens with one attached hydrogen (secondary N) is 2. The maximum absolute atomic E-state index is 12.7. The molecule has 0 bridgehead atoms. The number of sulfonamides is 1. The van der Waals surface area contributed by atoms with Crippen LogP contribution < -0.4 is 14.8 Å². The molecule has 8 nitrogen and oxygen atoms in total. The third-order valence-electron chi connectivity index (χ3n) is 3.70. The Morgan fingerprint density at radius 3 is 2.54 bits per heavy atom. The van der Waals surface area contributed by atoms with Gasteiger partial charge >= 0.3 is 0 Å². The van der Waals surface area contributed by atoms with Crippen molar-refractivity contribution in [2.45, 2.75) is 11.8 Å². The number of hydrogen-bond acceptors (Lipinski definition) is 6. The number of benzene rings is 2. The van der Waals surface area contributed by atoms with Gasteiger partial charge in [0.2, 0.25) is 5.76 Å². The molecule has 0 saturated heterocycles. The first kappa shape index (κ1) is 19.7. The Morgan fingerprint density at radius 2 is 1.89 bits per heavy atom. The summed E-state index contributed by atoms with van der Waals surface area (Å²) < 4.78 is 37.9. The highest BCUT2D eigenvalue weighted by atomic mass is 35.5. The minimum atomic E-state index is -3.96. The molecule has 0 spiro atoms. The molecule has 0 radical (unpaired) electrons. The van der Waals surface area contributed by atoms with Gasteiger partial charge in [0.25, 0.3) is 15.9 Å². The van der Waals surface area contributed by atoms with E-state index in [9.17, 15) is 13.2 Å². The van der Waals surface area contributed by atoms with Crippen LogP contribution in [0.5, 0.6) is 5.75 Å². The molecule has 1 aromatic heterocycles. The Morgan fingerprint density at radius 1 is 1.14 bits per heavy atom. The molecular weight excluding hydrogens is 406 g/mol. The molecule has 0 aliphatic carbocycles. The monoisotopic (exact) mass is 421 g/mol. The Balaban J connectivity index is 1.91. The van der Waals surface area contributed by atoms with Crippen molar-refractivity contribution in [2.24, 2.45) is 0 Å². The lowest BCUT2D eigenvalue weighted by molar-refractivity contribution is 0.0987. The summed E-state index contributed by atoms with van der Waals surface area (Å²) in [5.74, 6) is -0.323. The summed E-state index contributed by atoms with van der Waals surface area (Å²) >= 11 is 6.02. The van der Waals surface area contributed by atoms with E-state index in [-0.39, 0.29) is 32.8 Å². The highest BCUT2D eigenvalue weighted by Gasteiger charge is 2.20. The summed E-state index contributed by atoms with van der Waals surface area (Å²) in [6.45, 7) is 1.68. The minimum absolute atomic E-state index is 0.0120. The van der Waals surface area contributed by atoms with E-state index in [2.05, 4.69) is 15.2 Å². The quantitative estimate of drug-likeness (QED) is 0.627. The highest BCUT2D eigenvalue weighted by molar-refractivity contribution is 7.92. The molecule has 0 atom stereocenters. The summed E-state index contributed by atoms with van der Waals surface area (Å²) in [5.41, 5.74) is 0.934. The third kappa shape index (κ3) is 4.26. The number of anilines is 2. The van der Waals surface area contributed by atoms with Crippen molar-refractivity contribution in [1.29, 1.82) is 0 Å². The zero-order valence-corrected chi connectivity index (χ0v) is 16.5. The second-order valence-electron chi connectivity index (χ2n) is 5.73. The number of carbonyl (C=O) groups excluding carboxylic acids is 1. The van der Waals surface area contributed by atoms with Crippen molar-refractivity contribution in [3.8, 4) is 5.75 Å². The van der Waals surface area contributed by atoms with Crippen LogP contribution in [0.15, 0.2) is 57.9 Å². The number of methoxy groups -OCH3 is 1. The molecular formula is C18H16ClN3O5S. The number of amides is 1. The molecule has 28 heavy (non-hydrogen) atoms. The second-order valence-corrected chi connectivity index (χ2v) is 7.82. The van der Waals surface area contributed by atoms with Crippen LogP contribution in [0.4, 0.5) is 11.4 Å². The van der Waals surface area contributed by atoms with Crippen LogP contribution in [-0.2, 0) is 10.0 Å². The topological polar surface area (TPSA) is 111 Å². The molecule has 3 aromatic rings. The van der Waals surface area contributed by atoms with Crippen LogP contribution in [0.3, 0.4) is 0 Å². The number of para-hydroxylation sites is 1. The molecule has 2 N–H and O–H groups in total. The number of nitrogens with zero attached hydrogens (tertiary/aromatic N) is 1. The minimum Gasteiger partial charge on any atom is -0.495 e. The van der Waals surface area contributed by atoms with E-state index in [0.29, 0.717) is 5.69 Å². The van der Waals surface area contributed by atoms with E-state index < -0.39 is 15.9 Å². The van der Waals surface area contributed by atoms with Gasteiger partial charge in [-0.1, -0.05) is 28.9 Å². The van der Waals surface area contributed by atoms with Crippen molar-refractivity contribution in [3.63, 3.8) is 0 Å². The van der Waals surface area contributed by atoms with E-state index in [4.69, 9.17) is 20.9 Å². The smallest absolute Gasteiger partial charge is 0.294 e. The number of ether oxygens (including phenoxy) is 1. The largest absolute Gasteiger partial charge is 0.495 e. The Kier molecular flexibility index (Phi) is 5.57. The summed E-state index contributed by atoms with van der Waals surface area (Å²) in [5, 5.41) is 6.47. The first-order valence-corrected chi connectivity index (χ1v) is 9.86. The van der Waals surface area contributed by atoms with Crippen LogP contribution in [0, 0.1) is 6.92 Å². The molecule has 1 amide bonds. The SMILES string of the molecule is COc1ccc(S(=O)(=O)Nc2ccccc2Cl)cc1NC(=O)c1cc(C)no1. The maximum atomic E-state index is 12.7. The summed E-state index contributed by atoms with van der Waals surface area (Å²) in [6, 6.07) is 12.0. The fraction of sp³-hybridized carbons (Fsp3) is 0.111. The van der Waals surface area contributed by atoms with Gasteiger partial charge in [0, 0.05) is 6.07 Å². The Bertz CT molecular complexity index is 1130. The van der Waals surface area contributed by atoms with E-state index in [0.717, 1.165) is 0 Å². The van der Waals surface area contributed by atoms with Gasteiger partial charge in [-0.05, 0) is 37.3 Å². The van der Waals surface area contributed by atoms with Crippen molar-refractivity contribution in [1.82, 2.24) is 5.16 Å². The standard InChI is InChI=1S/C18H16ClN3O5S/c1-11-9-17(27-21-11)18(23)20-15-10-12(7-8-16(15)26-2)28(24,25)22-14-6-4-3-5-13(14)19/h3-10,22H,1-2H3,(H,20,23). The van der Waals surface area contributed by atoms with Gasteiger partial charge in [0.1, 0.15) is 5.75 Å². The predicted octanol–water partition coefficient (Wildman–Crippen LogP) is 3.70. The molecule has 0 saturated carbocycles. The number of hydrogen-bond donors (Lipinski definition) is 2. The number of halogens is 1. The summed E-state index contributed by atoms with van der Waals surface area (Å²) in [6.07, 6.45) is 0. The first-order valence-electron chi connectivity index (χ1n) is 8.00. The number of aromatic nitrogens is 1. The first-order chi connectivity index (χ1) is 13.3. The molecule has 3 rings (SSSR count). The van der Waals surface area contributed by atoms with E-state index in [1.165, 1.54) is 31.4 Å². The lowest BCUT2D eigenvalue weighted by Gasteiger charge is -2.13. The average Bonchev–Trinajstić information content (AvgIpc) is 3.10. The Labute approximate surface area is 166 Å². The zero-order valence-electron chi connectivity index (χ0n) is 14.9. The van der Waals surface area contributed by atoms with E-state index in [1.807, 2.05) is 0 Å². The van der Waals surface area contributed by atoms with Gasteiger partial charge in [-0.3, -0.25) is 9.52 Å². The van der Waals surface area contributed by atoms with Crippen molar-refractivity contribution < 1.29 is 22.5 Å². The molecule has 0 aliphatic rings. The highest BCUT2D eigenvalue weighted by Crippen LogP contribution is 2.30. The Hall–Kier alpha value is -3.04. The van der Waals surface area contributed by atoms with Gasteiger partial charge in [0.15, 0.2) is 0 Å². The number of rotatable bonds is 6. The van der Waals surface area contributed by atoms with E-state index >= 15 is 0 Å². The van der Waals surface area contributed by atoms with Crippen molar-refractivity contribution >= 4 is 38.9 Å². The van der Waals surface area contributed by atoms with E-state index in [1.54, 1.807) is 31.2 Å². The zero-order chi connectivity index (χ0) is 20.3. The van der Waals surface area contributed by atoms with Crippen LogP contribution in [0.2, 0.25) is 5.02 Å². The molecule has 0 fully saturated rings. The lowest BCUT2D eigenvalue weighted by Crippen LogP contribution is -2.15. The fourth-order valence-corrected chi connectivity index (χ4v) is 3.70. The maximum Gasteiger partial charge on any atom is 0.294 e. The molecule has 1 heterocycles. The molecule has 0 aliphatic heterocycles. The summed E-state index contributed by atoms with van der Waals surface area (Å²) in [4.78, 5) is 12.2. The van der Waals surface area contributed by atoms with Gasteiger partial charge in [-0.15, -0.1) is 0 Å². The lowest BCUT2D eigenvalue weighted by atomic mass is 10.2. The van der Waals surface area contributed by atoms with Crippen LogP contribution in [0.25, 0.3) is 0 Å². The normalized spacial score (nSPS) is 11.1. The molecule has 146 valence electrons. The second kappa shape index (κ2) is 7.91. The van der Waals surface area contributed by atoms with Gasteiger partial charge < -0.3 is 14.6 Å². The predicted molar refractivity (Wildman–Crippen MR) is 104 cm³/mol. The van der Waals surface area contributed by atoms with Crippen LogP contribution in [0.1, 0.15) is 16.2 Å². The molecule has 10 heteroatoms. The fourth-order valence-electron chi connectivity index (χ4n) is 2.35. The average molecular weight is 422 g/mol. The van der Waals surface area contributed by atoms with Gasteiger partial charge in [0.05, 0.1) is 34.1 Å². The summed E-state index contributed by atoms with van der Waals surface area (Å²) in [7, 11) is -2.55. The van der Waals surface area contributed by atoms with Crippen molar-refractivity contribution in [2.75, 3.05) is 17.1 Å². The van der Waals surface area contributed by atoms with Gasteiger partial charge in [-0.25, -0.2) is 8.42 Å². The van der Waals surface area contributed by atoms with Crippen LogP contribution >= 0.6 is 11.6 Å². The van der Waals surface area contributed by atoms with Crippen LogP contribution in [-0.4, -0.2) is 26.6 Å². The van der Waals surface area contributed by atoms with Gasteiger partial charge in [-0.2, -0.15) is 0 Å². The molecule has 0 unspecified atom stereocenters. The number of aryl methyl sites for hydroxylation is 1. The molecule has 2 aromatic carbocycles. The number of carbonyl (C=O) groups is 1. The van der Waals surface area contributed by atoms with Crippen molar-refractivity contribution in [3.05, 3.63) is 65.0 Å².